The molecule has 0 saturated carbocycles. The Morgan fingerprint density at radius 3 is 2.76 bits per heavy atom. The molecule has 0 atom stereocenters. The zero-order chi connectivity index (χ0) is 20.6. The zero-order valence-corrected chi connectivity index (χ0v) is 17.0. The average molecular weight is 396 g/mol. The SMILES string of the molecule is CC(C)OCCCNC(=O)c1ccc2c(c1)CN(Cc1ccccc1)C(=O)CO2. The van der Waals surface area contributed by atoms with Gasteiger partial charge >= 0.3 is 0 Å². The lowest BCUT2D eigenvalue weighted by atomic mass is 10.1. The number of nitrogens with one attached hydrogen (secondary N) is 1. The first-order chi connectivity index (χ1) is 14.0. The van der Waals surface area contributed by atoms with Gasteiger partial charge in [0, 0.05) is 37.4 Å². The molecule has 1 aliphatic rings. The van der Waals surface area contributed by atoms with Gasteiger partial charge in [0.1, 0.15) is 5.75 Å². The van der Waals surface area contributed by atoms with Crippen LogP contribution in [-0.4, -0.2) is 42.6 Å². The highest BCUT2D eigenvalue weighted by Gasteiger charge is 2.22. The van der Waals surface area contributed by atoms with Crippen LogP contribution >= 0.6 is 0 Å². The van der Waals surface area contributed by atoms with Gasteiger partial charge in [-0.15, -0.1) is 0 Å². The van der Waals surface area contributed by atoms with Crippen molar-refractivity contribution >= 4 is 11.8 Å². The summed E-state index contributed by atoms with van der Waals surface area (Å²) in [6, 6.07) is 15.2. The molecule has 0 aromatic heterocycles. The highest BCUT2D eigenvalue weighted by Crippen LogP contribution is 2.25. The number of rotatable bonds is 8. The van der Waals surface area contributed by atoms with E-state index in [4.69, 9.17) is 9.47 Å². The minimum Gasteiger partial charge on any atom is -0.483 e. The first-order valence-electron chi connectivity index (χ1n) is 10.00. The Morgan fingerprint density at radius 2 is 2.00 bits per heavy atom. The number of fused-ring (bicyclic) bond motifs is 1. The summed E-state index contributed by atoms with van der Waals surface area (Å²) in [6.45, 7) is 6.07. The second kappa shape index (κ2) is 10.1. The molecule has 0 aliphatic carbocycles. The molecule has 6 heteroatoms. The van der Waals surface area contributed by atoms with Crippen molar-refractivity contribution in [1.29, 1.82) is 0 Å². The number of hydrogen-bond donors (Lipinski definition) is 1. The van der Waals surface area contributed by atoms with Crippen molar-refractivity contribution in [2.75, 3.05) is 19.8 Å². The quantitative estimate of drug-likeness (QED) is 0.696. The predicted octanol–water partition coefficient (Wildman–Crippen LogP) is 3.15. The summed E-state index contributed by atoms with van der Waals surface area (Å²) >= 11 is 0. The van der Waals surface area contributed by atoms with Crippen molar-refractivity contribution < 1.29 is 19.1 Å². The molecule has 1 aliphatic heterocycles. The summed E-state index contributed by atoms with van der Waals surface area (Å²) in [5.74, 6) is 0.444. The Balaban J connectivity index is 1.64. The minimum absolute atomic E-state index is 0.00122. The van der Waals surface area contributed by atoms with Crippen LogP contribution in [0.4, 0.5) is 0 Å². The maximum absolute atomic E-state index is 12.5. The second-order valence-electron chi connectivity index (χ2n) is 7.38. The molecule has 1 N–H and O–H groups in total. The van der Waals surface area contributed by atoms with Crippen molar-refractivity contribution in [2.45, 2.75) is 39.5 Å². The Morgan fingerprint density at radius 1 is 1.21 bits per heavy atom. The summed E-state index contributed by atoms with van der Waals surface area (Å²) in [7, 11) is 0. The molecule has 0 radical (unpaired) electrons. The van der Waals surface area contributed by atoms with E-state index in [2.05, 4.69) is 5.32 Å². The summed E-state index contributed by atoms with van der Waals surface area (Å²) in [5, 5.41) is 2.91. The van der Waals surface area contributed by atoms with E-state index in [-0.39, 0.29) is 24.5 Å². The lowest BCUT2D eigenvalue weighted by Gasteiger charge is -2.20. The van der Waals surface area contributed by atoms with Gasteiger partial charge in [-0.2, -0.15) is 0 Å². The number of nitrogens with zero attached hydrogens (tertiary/aromatic N) is 1. The van der Waals surface area contributed by atoms with Crippen LogP contribution < -0.4 is 10.1 Å². The minimum atomic E-state index is -0.137. The number of ether oxygens (including phenoxy) is 2. The van der Waals surface area contributed by atoms with Gasteiger partial charge in [-0.3, -0.25) is 9.59 Å². The third-order valence-electron chi connectivity index (χ3n) is 4.66. The first kappa shape index (κ1) is 20.9. The number of benzene rings is 2. The van der Waals surface area contributed by atoms with E-state index in [1.165, 1.54) is 0 Å². The van der Waals surface area contributed by atoms with Gasteiger partial charge in [-0.1, -0.05) is 30.3 Å². The third-order valence-corrected chi connectivity index (χ3v) is 4.66. The standard InChI is InChI=1S/C23H28N2O4/c1-17(2)28-12-6-11-24-23(27)19-9-10-21-20(13-19)15-25(22(26)16-29-21)14-18-7-4-3-5-8-18/h3-5,7-10,13,17H,6,11-12,14-16H2,1-2H3,(H,24,27). The third kappa shape index (κ3) is 6.06. The van der Waals surface area contributed by atoms with E-state index in [1.54, 1.807) is 17.0 Å². The molecular weight excluding hydrogens is 368 g/mol. The first-order valence-corrected chi connectivity index (χ1v) is 10.00. The summed E-state index contributed by atoms with van der Waals surface area (Å²) in [4.78, 5) is 26.7. The van der Waals surface area contributed by atoms with Crippen LogP contribution in [0, 0.1) is 0 Å². The highest BCUT2D eigenvalue weighted by atomic mass is 16.5. The molecule has 0 spiro atoms. The van der Waals surface area contributed by atoms with E-state index < -0.39 is 0 Å². The van der Waals surface area contributed by atoms with Crippen LogP contribution in [0.5, 0.6) is 5.75 Å². The van der Waals surface area contributed by atoms with Crippen LogP contribution in [0.3, 0.4) is 0 Å². The monoisotopic (exact) mass is 396 g/mol. The Labute approximate surface area is 171 Å². The average Bonchev–Trinajstić information content (AvgIpc) is 2.86. The van der Waals surface area contributed by atoms with Crippen LogP contribution in [-0.2, 0) is 22.6 Å². The molecular formula is C23H28N2O4. The van der Waals surface area contributed by atoms with Crippen LogP contribution in [0.25, 0.3) is 0 Å². The van der Waals surface area contributed by atoms with Gasteiger partial charge in [0.05, 0.1) is 6.10 Å². The molecule has 3 rings (SSSR count). The number of carbonyl (C=O) groups excluding carboxylic acids is 2. The fraction of sp³-hybridized carbons (Fsp3) is 0.391. The Bertz CT molecular complexity index is 836. The lowest BCUT2D eigenvalue weighted by Crippen LogP contribution is -2.31. The second-order valence-corrected chi connectivity index (χ2v) is 7.38. The molecule has 2 amide bonds. The Hall–Kier alpha value is -2.86. The van der Waals surface area contributed by atoms with Crippen LogP contribution in [0.15, 0.2) is 48.5 Å². The molecule has 29 heavy (non-hydrogen) atoms. The maximum atomic E-state index is 12.5. The number of hydrogen-bond acceptors (Lipinski definition) is 4. The maximum Gasteiger partial charge on any atom is 0.261 e. The fourth-order valence-corrected chi connectivity index (χ4v) is 3.15. The molecule has 2 aromatic carbocycles. The van der Waals surface area contributed by atoms with Crippen LogP contribution in [0.2, 0.25) is 0 Å². The summed E-state index contributed by atoms with van der Waals surface area (Å²) < 4.78 is 11.1. The number of carbonyl (C=O) groups is 2. The van der Waals surface area contributed by atoms with E-state index in [0.29, 0.717) is 37.6 Å². The predicted molar refractivity (Wildman–Crippen MR) is 111 cm³/mol. The van der Waals surface area contributed by atoms with Crippen molar-refractivity contribution in [3.05, 3.63) is 65.2 Å². The van der Waals surface area contributed by atoms with Gasteiger partial charge in [-0.25, -0.2) is 0 Å². The van der Waals surface area contributed by atoms with E-state index >= 15 is 0 Å². The van der Waals surface area contributed by atoms with Gasteiger partial charge in [0.25, 0.3) is 11.8 Å². The van der Waals surface area contributed by atoms with Crippen molar-refractivity contribution in [1.82, 2.24) is 10.2 Å². The van der Waals surface area contributed by atoms with Crippen molar-refractivity contribution in [3.8, 4) is 5.75 Å². The molecule has 0 bridgehead atoms. The molecule has 1 heterocycles. The number of amides is 2. The fourth-order valence-electron chi connectivity index (χ4n) is 3.15. The van der Waals surface area contributed by atoms with Gasteiger partial charge < -0.3 is 19.7 Å². The normalized spacial score (nSPS) is 13.6. The van der Waals surface area contributed by atoms with Crippen molar-refractivity contribution in [2.24, 2.45) is 0 Å². The zero-order valence-electron chi connectivity index (χ0n) is 17.0. The molecule has 0 saturated heterocycles. The molecule has 6 nitrogen and oxygen atoms in total. The molecule has 154 valence electrons. The molecule has 0 fully saturated rings. The van der Waals surface area contributed by atoms with E-state index in [0.717, 1.165) is 17.5 Å². The molecule has 2 aromatic rings. The Kier molecular flexibility index (Phi) is 7.25. The summed E-state index contributed by atoms with van der Waals surface area (Å²) in [5.41, 5.74) is 2.45. The lowest BCUT2D eigenvalue weighted by molar-refractivity contribution is -0.133. The smallest absolute Gasteiger partial charge is 0.261 e. The highest BCUT2D eigenvalue weighted by molar-refractivity contribution is 5.94. The largest absolute Gasteiger partial charge is 0.483 e. The van der Waals surface area contributed by atoms with Gasteiger partial charge in [0.2, 0.25) is 0 Å². The van der Waals surface area contributed by atoms with E-state index in [1.807, 2.05) is 50.2 Å². The van der Waals surface area contributed by atoms with Crippen molar-refractivity contribution in [3.63, 3.8) is 0 Å². The van der Waals surface area contributed by atoms with Gasteiger partial charge in [-0.05, 0) is 44.0 Å². The van der Waals surface area contributed by atoms with Gasteiger partial charge in [0.15, 0.2) is 6.61 Å². The van der Waals surface area contributed by atoms with E-state index in [9.17, 15) is 9.59 Å². The van der Waals surface area contributed by atoms with Crippen LogP contribution in [0.1, 0.15) is 41.8 Å². The summed E-state index contributed by atoms with van der Waals surface area (Å²) in [6.07, 6.45) is 0.953. The molecule has 0 unspecified atom stereocenters. The topological polar surface area (TPSA) is 67.9 Å².